The van der Waals surface area contributed by atoms with Crippen LogP contribution in [0.4, 0.5) is 4.79 Å². The van der Waals surface area contributed by atoms with E-state index in [2.05, 4.69) is 0 Å². The van der Waals surface area contributed by atoms with Crippen molar-refractivity contribution in [1.29, 1.82) is 0 Å². The van der Waals surface area contributed by atoms with Crippen LogP contribution in [-0.4, -0.2) is 65.8 Å². The standard InChI is InChI=1S/C27H34N2O7/c1-17-14-21(18(2)29(17)20-6-7-23-24(15-20)34-13-12-33-23)22(30)16-35-25(31)19-8-10-28(11-9-19)26(32)36-27(3,4)5/h6-7,14-15,19H,8-13,16H2,1-5H3. The third-order valence-corrected chi connectivity index (χ3v) is 6.34. The molecule has 1 saturated heterocycles. The number of rotatable bonds is 5. The Morgan fingerprint density at radius 1 is 1.00 bits per heavy atom. The van der Waals surface area contributed by atoms with E-state index in [9.17, 15) is 14.4 Å². The summed E-state index contributed by atoms with van der Waals surface area (Å²) >= 11 is 0. The number of amides is 1. The molecule has 1 aromatic carbocycles. The number of hydrogen-bond acceptors (Lipinski definition) is 7. The van der Waals surface area contributed by atoms with Gasteiger partial charge in [-0.1, -0.05) is 0 Å². The smallest absolute Gasteiger partial charge is 0.410 e. The lowest BCUT2D eigenvalue weighted by Gasteiger charge is -2.32. The lowest BCUT2D eigenvalue weighted by Crippen LogP contribution is -2.43. The van der Waals surface area contributed by atoms with E-state index in [1.54, 1.807) is 4.90 Å². The van der Waals surface area contributed by atoms with Crippen LogP contribution in [0.1, 0.15) is 55.4 Å². The van der Waals surface area contributed by atoms with Crippen LogP contribution in [0.5, 0.6) is 11.5 Å². The number of ether oxygens (including phenoxy) is 4. The highest BCUT2D eigenvalue weighted by Crippen LogP contribution is 2.33. The van der Waals surface area contributed by atoms with E-state index >= 15 is 0 Å². The molecule has 2 aromatic rings. The summed E-state index contributed by atoms with van der Waals surface area (Å²) in [4.78, 5) is 39.4. The lowest BCUT2D eigenvalue weighted by molar-refractivity contribution is -0.149. The van der Waals surface area contributed by atoms with Crippen molar-refractivity contribution >= 4 is 17.8 Å². The molecule has 0 aliphatic carbocycles. The summed E-state index contributed by atoms with van der Waals surface area (Å²) < 4.78 is 24.0. The van der Waals surface area contributed by atoms with E-state index in [1.807, 2.05) is 63.5 Å². The highest BCUT2D eigenvalue weighted by atomic mass is 16.6. The van der Waals surface area contributed by atoms with Crippen molar-refractivity contribution in [1.82, 2.24) is 9.47 Å². The minimum Gasteiger partial charge on any atom is -0.486 e. The summed E-state index contributed by atoms with van der Waals surface area (Å²) in [6, 6.07) is 7.49. The molecule has 3 heterocycles. The first-order chi connectivity index (χ1) is 17.0. The Morgan fingerprint density at radius 2 is 1.67 bits per heavy atom. The molecule has 1 amide bonds. The van der Waals surface area contributed by atoms with Gasteiger partial charge in [0.25, 0.3) is 0 Å². The van der Waals surface area contributed by atoms with Gasteiger partial charge < -0.3 is 28.4 Å². The van der Waals surface area contributed by atoms with E-state index in [-0.39, 0.29) is 24.4 Å². The average molecular weight is 499 g/mol. The van der Waals surface area contributed by atoms with Gasteiger partial charge in [-0.05, 0) is 65.7 Å². The van der Waals surface area contributed by atoms with Gasteiger partial charge in [-0.2, -0.15) is 0 Å². The molecular formula is C27H34N2O7. The van der Waals surface area contributed by atoms with Gasteiger partial charge in [0.05, 0.1) is 5.92 Å². The fourth-order valence-electron chi connectivity index (χ4n) is 4.57. The first kappa shape index (κ1) is 25.6. The van der Waals surface area contributed by atoms with Gasteiger partial charge in [0.15, 0.2) is 18.1 Å². The molecule has 36 heavy (non-hydrogen) atoms. The minimum atomic E-state index is -0.565. The topological polar surface area (TPSA) is 96.3 Å². The monoisotopic (exact) mass is 498 g/mol. The second-order valence-electron chi connectivity index (χ2n) is 10.2. The number of nitrogens with zero attached hydrogens (tertiary/aromatic N) is 2. The Kier molecular flexibility index (Phi) is 7.28. The Labute approximate surface area is 211 Å². The summed E-state index contributed by atoms with van der Waals surface area (Å²) in [5, 5.41) is 0. The number of hydrogen-bond donors (Lipinski definition) is 0. The SMILES string of the molecule is Cc1cc(C(=O)COC(=O)C2CCN(C(=O)OC(C)(C)C)CC2)c(C)n1-c1ccc2c(c1)OCCO2. The molecule has 0 saturated carbocycles. The third kappa shape index (κ3) is 5.66. The third-order valence-electron chi connectivity index (χ3n) is 6.34. The molecule has 194 valence electrons. The van der Waals surface area contributed by atoms with Gasteiger partial charge >= 0.3 is 12.1 Å². The van der Waals surface area contributed by atoms with Crippen LogP contribution < -0.4 is 9.47 Å². The molecular weight excluding hydrogens is 464 g/mol. The number of benzene rings is 1. The maximum atomic E-state index is 13.0. The van der Waals surface area contributed by atoms with Gasteiger partial charge in [-0.3, -0.25) is 9.59 Å². The highest BCUT2D eigenvalue weighted by Gasteiger charge is 2.31. The summed E-state index contributed by atoms with van der Waals surface area (Å²) in [5.74, 6) is 0.360. The van der Waals surface area contributed by atoms with Gasteiger partial charge in [0.1, 0.15) is 18.8 Å². The van der Waals surface area contributed by atoms with Crippen molar-refractivity contribution in [3.05, 3.63) is 41.2 Å². The van der Waals surface area contributed by atoms with Crippen LogP contribution in [0.3, 0.4) is 0 Å². The number of ketones is 1. The average Bonchev–Trinajstić information content (AvgIpc) is 3.14. The highest BCUT2D eigenvalue weighted by molar-refractivity contribution is 5.99. The van der Waals surface area contributed by atoms with Gasteiger partial charge in [-0.25, -0.2) is 4.79 Å². The van der Waals surface area contributed by atoms with Gasteiger partial charge in [0.2, 0.25) is 5.78 Å². The van der Waals surface area contributed by atoms with Crippen molar-refractivity contribution in [2.45, 2.75) is 53.1 Å². The second kappa shape index (κ2) is 10.2. The Hall–Kier alpha value is -3.49. The molecule has 0 radical (unpaired) electrons. The number of fused-ring (bicyclic) bond motifs is 1. The first-order valence-electron chi connectivity index (χ1n) is 12.3. The quantitative estimate of drug-likeness (QED) is 0.449. The number of esters is 1. The first-order valence-corrected chi connectivity index (χ1v) is 12.3. The fraction of sp³-hybridized carbons (Fsp3) is 0.519. The molecule has 1 aromatic heterocycles. The Bertz CT molecular complexity index is 1150. The molecule has 0 unspecified atom stereocenters. The summed E-state index contributed by atoms with van der Waals surface area (Å²) in [6.07, 6.45) is 0.577. The number of carbonyl (C=O) groups excluding carboxylic acids is 3. The summed E-state index contributed by atoms with van der Waals surface area (Å²) in [5.41, 5.74) is 2.45. The zero-order valence-electron chi connectivity index (χ0n) is 21.6. The molecule has 2 aliphatic rings. The molecule has 9 nitrogen and oxygen atoms in total. The molecule has 1 fully saturated rings. The van der Waals surface area contributed by atoms with Crippen LogP contribution in [-0.2, 0) is 14.3 Å². The van der Waals surface area contributed by atoms with E-state index in [1.165, 1.54) is 0 Å². The largest absolute Gasteiger partial charge is 0.486 e. The number of Topliss-reactive ketones (excluding diaryl/α,β-unsaturated/α-hetero) is 1. The van der Waals surface area contributed by atoms with Crippen molar-refractivity contribution in [2.75, 3.05) is 32.9 Å². The molecule has 0 bridgehead atoms. The van der Waals surface area contributed by atoms with Gasteiger partial charge in [0, 0.05) is 41.8 Å². The predicted octanol–water partition coefficient (Wildman–Crippen LogP) is 4.24. The van der Waals surface area contributed by atoms with E-state index in [0.717, 1.165) is 17.1 Å². The number of carbonyl (C=O) groups is 3. The lowest BCUT2D eigenvalue weighted by atomic mass is 9.97. The predicted molar refractivity (Wildman–Crippen MR) is 132 cm³/mol. The van der Waals surface area contributed by atoms with Crippen LogP contribution in [0.15, 0.2) is 24.3 Å². The molecule has 4 rings (SSSR count). The zero-order chi connectivity index (χ0) is 26.0. The Morgan fingerprint density at radius 3 is 2.33 bits per heavy atom. The van der Waals surface area contributed by atoms with Crippen molar-refractivity contribution in [3.63, 3.8) is 0 Å². The van der Waals surface area contributed by atoms with Crippen molar-refractivity contribution in [2.24, 2.45) is 5.92 Å². The summed E-state index contributed by atoms with van der Waals surface area (Å²) in [7, 11) is 0. The normalized spacial score (nSPS) is 16.0. The molecule has 9 heteroatoms. The van der Waals surface area contributed by atoms with E-state index in [0.29, 0.717) is 56.2 Å². The fourth-order valence-corrected chi connectivity index (χ4v) is 4.57. The zero-order valence-corrected chi connectivity index (χ0v) is 21.6. The molecule has 0 N–H and O–H groups in total. The molecule has 2 aliphatic heterocycles. The van der Waals surface area contributed by atoms with Crippen LogP contribution >= 0.6 is 0 Å². The van der Waals surface area contributed by atoms with Crippen LogP contribution in [0, 0.1) is 19.8 Å². The van der Waals surface area contributed by atoms with Crippen LogP contribution in [0.2, 0.25) is 0 Å². The number of likely N-dealkylation sites (tertiary alicyclic amines) is 1. The number of aryl methyl sites for hydroxylation is 1. The molecule has 0 spiro atoms. The van der Waals surface area contributed by atoms with E-state index in [4.69, 9.17) is 18.9 Å². The van der Waals surface area contributed by atoms with Crippen LogP contribution in [0.25, 0.3) is 5.69 Å². The maximum Gasteiger partial charge on any atom is 0.410 e. The minimum absolute atomic E-state index is 0.258. The Balaban J connectivity index is 1.34. The van der Waals surface area contributed by atoms with Crippen molar-refractivity contribution < 1.29 is 33.3 Å². The van der Waals surface area contributed by atoms with E-state index < -0.39 is 11.6 Å². The van der Waals surface area contributed by atoms with Gasteiger partial charge in [-0.15, -0.1) is 0 Å². The van der Waals surface area contributed by atoms with Crippen molar-refractivity contribution in [3.8, 4) is 17.2 Å². The number of aromatic nitrogens is 1. The maximum absolute atomic E-state index is 13.0. The molecule has 0 atom stereocenters. The number of piperidine rings is 1. The summed E-state index contributed by atoms with van der Waals surface area (Å²) in [6.45, 7) is 10.8. The second-order valence-corrected chi connectivity index (χ2v) is 10.2.